The number of nitrogen functional groups attached to an aromatic ring is 1. The van der Waals surface area contributed by atoms with Gasteiger partial charge in [0, 0.05) is 49.1 Å². The molecule has 7 nitrogen and oxygen atoms in total. The zero-order chi connectivity index (χ0) is 22.8. The van der Waals surface area contributed by atoms with Crippen LogP contribution in [0.1, 0.15) is 60.4 Å². The fourth-order valence-corrected chi connectivity index (χ4v) is 5.68. The number of ether oxygens (including phenoxy) is 2. The van der Waals surface area contributed by atoms with E-state index in [0.717, 1.165) is 71.8 Å². The van der Waals surface area contributed by atoms with E-state index in [0.29, 0.717) is 17.6 Å². The van der Waals surface area contributed by atoms with Gasteiger partial charge >= 0.3 is 0 Å². The molecule has 1 aliphatic heterocycles. The highest BCUT2D eigenvalue weighted by Gasteiger charge is 2.36. The molecule has 1 aliphatic carbocycles. The summed E-state index contributed by atoms with van der Waals surface area (Å²) in [6, 6.07) is 0. The number of hydrogen-bond donors (Lipinski definition) is 1. The van der Waals surface area contributed by atoms with Crippen molar-refractivity contribution in [1.82, 2.24) is 15.0 Å². The first-order valence-electron chi connectivity index (χ1n) is 11.5. The highest BCUT2D eigenvalue weighted by atomic mass is 35.5. The number of hydrogen-bond acceptors (Lipinski definition) is 7. The van der Waals surface area contributed by atoms with E-state index in [2.05, 4.69) is 26.8 Å². The van der Waals surface area contributed by atoms with Crippen molar-refractivity contribution in [1.29, 1.82) is 0 Å². The summed E-state index contributed by atoms with van der Waals surface area (Å²) < 4.78 is 10.9. The first-order chi connectivity index (χ1) is 15.4. The lowest BCUT2D eigenvalue weighted by molar-refractivity contribution is 0.0989. The van der Waals surface area contributed by atoms with Crippen molar-refractivity contribution in [2.75, 3.05) is 38.0 Å². The summed E-state index contributed by atoms with van der Waals surface area (Å²) in [5.74, 6) is 3.81. The average molecular weight is 460 g/mol. The zero-order valence-electron chi connectivity index (χ0n) is 19.5. The van der Waals surface area contributed by atoms with Crippen LogP contribution in [-0.4, -0.2) is 42.3 Å². The highest BCUT2D eigenvalue weighted by Crippen LogP contribution is 2.46. The van der Waals surface area contributed by atoms with Crippen molar-refractivity contribution in [3.8, 4) is 5.75 Å². The molecule has 0 spiro atoms. The second-order valence-electron chi connectivity index (χ2n) is 9.19. The SMILES string of the molecule is COCCC1CCC1CCC1CN(Cc2ncc(C)c(OC)c2C)c2nc(N)nc(Cl)c21. The van der Waals surface area contributed by atoms with Crippen molar-refractivity contribution >= 4 is 23.4 Å². The second kappa shape index (κ2) is 9.79. The van der Waals surface area contributed by atoms with Gasteiger partial charge in [-0.25, -0.2) is 4.98 Å². The maximum atomic E-state index is 6.59. The van der Waals surface area contributed by atoms with Crippen molar-refractivity contribution in [3.05, 3.63) is 33.7 Å². The van der Waals surface area contributed by atoms with E-state index in [1.807, 2.05) is 13.1 Å². The van der Waals surface area contributed by atoms with Gasteiger partial charge in [0.2, 0.25) is 5.95 Å². The lowest BCUT2D eigenvalue weighted by Gasteiger charge is -2.37. The molecule has 3 atom stereocenters. The third kappa shape index (κ3) is 4.50. The number of nitrogens with zero attached hydrogens (tertiary/aromatic N) is 4. The molecule has 1 fully saturated rings. The third-order valence-corrected chi connectivity index (χ3v) is 7.58. The Hall–Kier alpha value is -2.12. The Labute approximate surface area is 195 Å². The molecule has 32 heavy (non-hydrogen) atoms. The monoisotopic (exact) mass is 459 g/mol. The van der Waals surface area contributed by atoms with Gasteiger partial charge in [0.05, 0.1) is 19.3 Å². The minimum absolute atomic E-state index is 0.212. The van der Waals surface area contributed by atoms with E-state index in [1.165, 1.54) is 19.3 Å². The molecule has 1 saturated carbocycles. The predicted molar refractivity (Wildman–Crippen MR) is 127 cm³/mol. The predicted octanol–water partition coefficient (Wildman–Crippen LogP) is 4.68. The molecular weight excluding hydrogens is 426 g/mol. The number of anilines is 2. The van der Waals surface area contributed by atoms with Gasteiger partial charge in [0.25, 0.3) is 0 Å². The summed E-state index contributed by atoms with van der Waals surface area (Å²) in [5, 5.41) is 0.482. The van der Waals surface area contributed by atoms with Gasteiger partial charge in [-0.15, -0.1) is 0 Å². The summed E-state index contributed by atoms with van der Waals surface area (Å²) in [5.41, 5.74) is 10.1. The Morgan fingerprint density at radius 2 is 1.88 bits per heavy atom. The zero-order valence-corrected chi connectivity index (χ0v) is 20.3. The van der Waals surface area contributed by atoms with Crippen molar-refractivity contribution in [3.63, 3.8) is 0 Å². The molecule has 0 amide bonds. The van der Waals surface area contributed by atoms with Crippen molar-refractivity contribution < 1.29 is 9.47 Å². The van der Waals surface area contributed by atoms with Crippen LogP contribution in [0.5, 0.6) is 5.75 Å². The fraction of sp³-hybridized carbons (Fsp3) is 0.625. The second-order valence-corrected chi connectivity index (χ2v) is 9.55. The average Bonchev–Trinajstić information content (AvgIpc) is 3.07. The lowest BCUT2D eigenvalue weighted by Crippen LogP contribution is -2.28. The van der Waals surface area contributed by atoms with Crippen LogP contribution in [-0.2, 0) is 11.3 Å². The molecule has 4 rings (SSSR count). The fourth-order valence-electron chi connectivity index (χ4n) is 5.35. The number of aromatic nitrogens is 3. The van der Waals surface area contributed by atoms with Crippen LogP contribution in [0.4, 0.5) is 11.8 Å². The number of pyridine rings is 1. The third-order valence-electron chi connectivity index (χ3n) is 7.29. The van der Waals surface area contributed by atoms with Crippen LogP contribution >= 0.6 is 11.6 Å². The van der Waals surface area contributed by atoms with Crippen LogP contribution in [0.2, 0.25) is 5.15 Å². The first kappa shape index (κ1) is 23.1. The molecule has 3 heterocycles. The van der Waals surface area contributed by atoms with E-state index in [4.69, 9.17) is 26.8 Å². The molecule has 2 aromatic heterocycles. The Morgan fingerprint density at radius 1 is 1.12 bits per heavy atom. The van der Waals surface area contributed by atoms with E-state index in [9.17, 15) is 0 Å². The number of rotatable bonds is 9. The van der Waals surface area contributed by atoms with Gasteiger partial charge < -0.3 is 20.1 Å². The Morgan fingerprint density at radius 3 is 2.56 bits per heavy atom. The highest BCUT2D eigenvalue weighted by molar-refractivity contribution is 6.30. The van der Waals surface area contributed by atoms with Crippen molar-refractivity contribution in [2.24, 2.45) is 11.8 Å². The summed E-state index contributed by atoms with van der Waals surface area (Å²) in [4.78, 5) is 15.8. The van der Waals surface area contributed by atoms with Crippen molar-refractivity contribution in [2.45, 2.75) is 58.4 Å². The van der Waals surface area contributed by atoms with Crippen LogP contribution in [0.15, 0.2) is 6.20 Å². The smallest absolute Gasteiger partial charge is 0.223 e. The number of halogens is 1. The van der Waals surface area contributed by atoms with Crippen LogP contribution in [0, 0.1) is 25.7 Å². The molecule has 0 bridgehead atoms. The number of fused-ring (bicyclic) bond motifs is 1. The number of aryl methyl sites for hydroxylation is 1. The largest absolute Gasteiger partial charge is 0.496 e. The van der Waals surface area contributed by atoms with Gasteiger partial charge in [-0.05, 0) is 57.8 Å². The molecular formula is C24H34ClN5O2. The molecule has 2 aliphatic rings. The molecule has 3 unspecified atom stereocenters. The topological polar surface area (TPSA) is 86.4 Å². The summed E-state index contributed by atoms with van der Waals surface area (Å²) in [6.45, 7) is 6.41. The number of methoxy groups -OCH3 is 2. The van der Waals surface area contributed by atoms with Crippen LogP contribution in [0.25, 0.3) is 0 Å². The van der Waals surface area contributed by atoms with Gasteiger partial charge in [-0.2, -0.15) is 4.98 Å². The number of nitrogens with two attached hydrogens (primary N) is 1. The molecule has 174 valence electrons. The molecule has 0 saturated heterocycles. The van der Waals surface area contributed by atoms with Gasteiger partial charge in [-0.1, -0.05) is 11.6 Å². The van der Waals surface area contributed by atoms with E-state index in [1.54, 1.807) is 14.2 Å². The van der Waals surface area contributed by atoms with Gasteiger partial charge in [0.1, 0.15) is 16.7 Å². The summed E-state index contributed by atoms with van der Waals surface area (Å²) >= 11 is 6.59. The lowest BCUT2D eigenvalue weighted by atomic mass is 9.69. The normalized spacial score (nSPS) is 22.0. The molecule has 8 heteroatoms. The van der Waals surface area contributed by atoms with Gasteiger partial charge in [0.15, 0.2) is 0 Å². The Bertz CT molecular complexity index is 970. The Kier molecular flexibility index (Phi) is 7.05. The maximum absolute atomic E-state index is 6.59. The van der Waals surface area contributed by atoms with E-state index >= 15 is 0 Å². The minimum atomic E-state index is 0.212. The molecule has 2 aromatic rings. The van der Waals surface area contributed by atoms with E-state index in [-0.39, 0.29) is 5.95 Å². The summed E-state index contributed by atoms with van der Waals surface area (Å²) in [7, 11) is 3.49. The maximum Gasteiger partial charge on any atom is 0.223 e. The molecule has 2 N–H and O–H groups in total. The Balaban J connectivity index is 1.52. The first-order valence-corrected chi connectivity index (χ1v) is 11.9. The molecule has 0 aromatic carbocycles. The molecule has 0 radical (unpaired) electrons. The minimum Gasteiger partial charge on any atom is -0.496 e. The standard InChI is InChI=1S/C24H34ClN5O2/c1-14-11-27-19(15(2)21(14)32-4)13-30-12-18(20-22(25)28-24(26)29-23(20)30)8-7-16-5-6-17(16)9-10-31-3/h11,16-18H,5-10,12-13H2,1-4H3,(H2,26,28,29). The van der Waals surface area contributed by atoms with Gasteiger partial charge in [-0.3, -0.25) is 4.98 Å². The summed E-state index contributed by atoms with van der Waals surface area (Å²) in [6.07, 6.45) is 7.94. The van der Waals surface area contributed by atoms with Crippen LogP contribution < -0.4 is 15.4 Å². The van der Waals surface area contributed by atoms with E-state index < -0.39 is 0 Å². The van der Waals surface area contributed by atoms with Crippen LogP contribution in [0.3, 0.4) is 0 Å². The quantitative estimate of drug-likeness (QED) is 0.544.